The number of hydrogen-bond acceptors (Lipinski definition) is 4. The Bertz CT molecular complexity index is 440. The quantitative estimate of drug-likeness (QED) is 0.902. The van der Waals surface area contributed by atoms with Crippen molar-refractivity contribution in [3.05, 3.63) is 35.9 Å². The molecular formula is C16H23N3S. The highest BCUT2D eigenvalue weighted by Crippen LogP contribution is 2.14. The Morgan fingerprint density at radius 1 is 1.20 bits per heavy atom. The lowest BCUT2D eigenvalue weighted by Gasteiger charge is -2.14. The molecule has 1 aromatic rings. The maximum atomic E-state index is 4.63. The number of rotatable bonds is 5. The van der Waals surface area contributed by atoms with Gasteiger partial charge in [-0.15, -0.1) is 0 Å². The smallest absolute Gasteiger partial charge is 0.156 e. The van der Waals surface area contributed by atoms with Crippen molar-refractivity contribution in [3.63, 3.8) is 0 Å². The molecule has 2 heterocycles. The summed E-state index contributed by atoms with van der Waals surface area (Å²) in [7, 11) is 0. The molecular weight excluding hydrogens is 266 g/mol. The maximum absolute atomic E-state index is 4.63. The summed E-state index contributed by atoms with van der Waals surface area (Å²) >= 11 is 1.88. The van der Waals surface area contributed by atoms with Crippen LogP contribution in [0.1, 0.15) is 18.4 Å². The lowest BCUT2D eigenvalue weighted by Crippen LogP contribution is -2.31. The van der Waals surface area contributed by atoms with E-state index < -0.39 is 0 Å². The average Bonchev–Trinajstić information content (AvgIpc) is 3.12. The molecule has 0 bridgehead atoms. The van der Waals surface area contributed by atoms with Crippen LogP contribution in [0.4, 0.5) is 0 Å². The first-order valence-electron chi connectivity index (χ1n) is 7.60. The summed E-state index contributed by atoms with van der Waals surface area (Å²) in [4.78, 5) is 7.19. The van der Waals surface area contributed by atoms with Gasteiger partial charge in [-0.1, -0.05) is 42.1 Å². The van der Waals surface area contributed by atoms with Gasteiger partial charge < -0.3 is 10.2 Å². The minimum Gasteiger partial charge on any atom is -0.360 e. The van der Waals surface area contributed by atoms with Crippen molar-refractivity contribution in [1.29, 1.82) is 0 Å². The number of benzene rings is 1. The number of nitrogens with zero attached hydrogens (tertiary/aromatic N) is 2. The fourth-order valence-electron chi connectivity index (χ4n) is 2.84. The van der Waals surface area contributed by atoms with Gasteiger partial charge in [0, 0.05) is 12.3 Å². The summed E-state index contributed by atoms with van der Waals surface area (Å²) in [6.07, 6.45) is 3.83. The molecule has 2 aliphatic heterocycles. The van der Waals surface area contributed by atoms with Crippen molar-refractivity contribution < 1.29 is 0 Å². The third kappa shape index (κ3) is 4.00. The molecule has 2 aliphatic rings. The Hall–Kier alpha value is -1.00. The number of nitrogens with one attached hydrogen (secondary N) is 1. The third-order valence-electron chi connectivity index (χ3n) is 3.95. The van der Waals surface area contributed by atoms with Crippen LogP contribution in [0.2, 0.25) is 0 Å². The zero-order valence-corrected chi connectivity index (χ0v) is 12.7. The fraction of sp³-hybridized carbons (Fsp3) is 0.562. The average molecular weight is 289 g/mol. The molecule has 0 radical (unpaired) electrons. The molecule has 1 unspecified atom stereocenters. The highest BCUT2D eigenvalue weighted by atomic mass is 32.2. The van der Waals surface area contributed by atoms with Crippen molar-refractivity contribution in [2.45, 2.75) is 25.3 Å². The Morgan fingerprint density at radius 3 is 2.80 bits per heavy atom. The van der Waals surface area contributed by atoms with E-state index in [0.29, 0.717) is 6.04 Å². The molecule has 1 aromatic carbocycles. The van der Waals surface area contributed by atoms with Crippen molar-refractivity contribution in [2.75, 3.05) is 31.9 Å². The van der Waals surface area contributed by atoms with Gasteiger partial charge in [0.05, 0.1) is 12.6 Å². The number of amidine groups is 1. The van der Waals surface area contributed by atoms with Crippen LogP contribution in [0.5, 0.6) is 0 Å². The summed E-state index contributed by atoms with van der Waals surface area (Å²) in [5.74, 6) is 1.16. The summed E-state index contributed by atoms with van der Waals surface area (Å²) in [6.45, 7) is 4.70. The number of hydrogen-bond donors (Lipinski definition) is 1. The van der Waals surface area contributed by atoms with E-state index in [-0.39, 0.29) is 0 Å². The highest BCUT2D eigenvalue weighted by molar-refractivity contribution is 8.13. The van der Waals surface area contributed by atoms with E-state index in [0.717, 1.165) is 23.9 Å². The lowest BCUT2D eigenvalue weighted by atomic mass is 10.1. The van der Waals surface area contributed by atoms with E-state index >= 15 is 0 Å². The Kier molecular flexibility index (Phi) is 4.98. The summed E-state index contributed by atoms with van der Waals surface area (Å²) < 4.78 is 0. The molecule has 1 N–H and O–H groups in total. The van der Waals surface area contributed by atoms with Gasteiger partial charge >= 0.3 is 0 Å². The van der Waals surface area contributed by atoms with Gasteiger partial charge in [0.2, 0.25) is 0 Å². The van der Waals surface area contributed by atoms with Crippen molar-refractivity contribution in [2.24, 2.45) is 4.99 Å². The van der Waals surface area contributed by atoms with Crippen LogP contribution in [0, 0.1) is 0 Å². The molecule has 1 saturated heterocycles. The first-order valence-corrected chi connectivity index (χ1v) is 8.59. The summed E-state index contributed by atoms with van der Waals surface area (Å²) in [5, 5.41) is 4.70. The first kappa shape index (κ1) is 14.0. The normalized spacial score (nSPS) is 22.8. The first-order chi connectivity index (χ1) is 9.90. The monoisotopic (exact) mass is 289 g/mol. The summed E-state index contributed by atoms with van der Waals surface area (Å²) in [6, 6.07) is 11.2. The van der Waals surface area contributed by atoms with Gasteiger partial charge in [-0.3, -0.25) is 4.99 Å². The van der Waals surface area contributed by atoms with E-state index in [9.17, 15) is 0 Å². The lowest BCUT2D eigenvalue weighted by molar-refractivity contribution is 0.362. The Balaban J connectivity index is 1.36. The standard InChI is InChI=1S/C16H23N3S/c1-2-6-14(7-3-1)12-15-13-17-16(18-15)20-11-10-19-8-4-5-9-19/h1-3,6-7,15H,4-5,8-13H2,(H,17,18). The highest BCUT2D eigenvalue weighted by Gasteiger charge is 2.18. The van der Waals surface area contributed by atoms with Gasteiger partial charge in [0.15, 0.2) is 5.17 Å². The van der Waals surface area contributed by atoms with Gasteiger partial charge in [-0.2, -0.15) is 0 Å². The maximum Gasteiger partial charge on any atom is 0.156 e. The predicted octanol–water partition coefficient (Wildman–Crippen LogP) is 2.39. The molecule has 4 heteroatoms. The van der Waals surface area contributed by atoms with Crippen molar-refractivity contribution >= 4 is 16.9 Å². The second kappa shape index (κ2) is 7.14. The van der Waals surface area contributed by atoms with Gasteiger partial charge in [0.25, 0.3) is 0 Å². The van der Waals surface area contributed by atoms with Crippen LogP contribution in [0.25, 0.3) is 0 Å². The zero-order chi connectivity index (χ0) is 13.6. The Morgan fingerprint density at radius 2 is 2.00 bits per heavy atom. The van der Waals surface area contributed by atoms with Crippen LogP contribution < -0.4 is 5.32 Å². The van der Waals surface area contributed by atoms with Crippen LogP contribution in [-0.4, -0.2) is 48.0 Å². The van der Waals surface area contributed by atoms with E-state index in [1.54, 1.807) is 0 Å². The largest absolute Gasteiger partial charge is 0.360 e. The minimum absolute atomic E-state index is 0.478. The van der Waals surface area contributed by atoms with Crippen molar-refractivity contribution in [3.8, 4) is 0 Å². The number of aliphatic imine (C=N–C) groups is 1. The van der Waals surface area contributed by atoms with Crippen LogP contribution in [0.15, 0.2) is 35.3 Å². The van der Waals surface area contributed by atoms with E-state index in [2.05, 4.69) is 45.5 Å². The molecule has 0 aliphatic carbocycles. The Labute approximate surface area is 125 Å². The zero-order valence-electron chi connectivity index (χ0n) is 11.9. The van der Waals surface area contributed by atoms with Crippen LogP contribution in [0.3, 0.4) is 0 Å². The van der Waals surface area contributed by atoms with Crippen molar-refractivity contribution in [1.82, 2.24) is 10.2 Å². The molecule has 3 nitrogen and oxygen atoms in total. The molecule has 3 rings (SSSR count). The van der Waals surface area contributed by atoms with Gasteiger partial charge in [0.1, 0.15) is 0 Å². The minimum atomic E-state index is 0.478. The molecule has 1 fully saturated rings. The number of thioether (sulfide) groups is 1. The molecule has 1 atom stereocenters. The topological polar surface area (TPSA) is 27.6 Å². The number of likely N-dealkylation sites (tertiary alicyclic amines) is 1. The summed E-state index contributed by atoms with van der Waals surface area (Å²) in [5.41, 5.74) is 1.39. The van der Waals surface area contributed by atoms with Gasteiger partial charge in [-0.25, -0.2) is 0 Å². The van der Waals surface area contributed by atoms with E-state index in [1.165, 1.54) is 38.0 Å². The molecule has 0 amide bonds. The molecule has 0 aromatic heterocycles. The van der Waals surface area contributed by atoms with E-state index in [1.807, 2.05) is 11.8 Å². The predicted molar refractivity (Wildman–Crippen MR) is 87.5 cm³/mol. The molecule has 0 saturated carbocycles. The molecule has 108 valence electrons. The fourth-order valence-corrected chi connectivity index (χ4v) is 3.80. The van der Waals surface area contributed by atoms with E-state index in [4.69, 9.17) is 0 Å². The molecule has 0 spiro atoms. The molecule has 20 heavy (non-hydrogen) atoms. The second-order valence-corrected chi connectivity index (χ2v) is 6.66. The SMILES string of the molecule is c1ccc(CC2CN=C(SCCN3CCCC3)N2)cc1. The second-order valence-electron chi connectivity index (χ2n) is 5.57. The van der Waals surface area contributed by atoms with Crippen LogP contribution in [-0.2, 0) is 6.42 Å². The van der Waals surface area contributed by atoms with Gasteiger partial charge in [-0.05, 0) is 37.9 Å². The third-order valence-corrected chi connectivity index (χ3v) is 4.86. The van der Waals surface area contributed by atoms with Crippen LogP contribution >= 0.6 is 11.8 Å².